The molecule has 2 aromatic carbocycles. The second-order valence-electron chi connectivity index (χ2n) is 5.58. The molecule has 24 heavy (non-hydrogen) atoms. The number of hydrogen-bond donors (Lipinski definition) is 4. The summed E-state index contributed by atoms with van der Waals surface area (Å²) >= 11 is 0. The molecule has 0 fully saturated rings. The Morgan fingerprint density at radius 1 is 1.17 bits per heavy atom. The number of aliphatic hydroxyl groups excluding tert-OH is 1. The molecule has 2 heterocycles. The first kappa shape index (κ1) is 14.4. The van der Waals surface area contributed by atoms with E-state index < -0.39 is 6.23 Å². The normalized spacial score (nSPS) is 12.6. The Morgan fingerprint density at radius 2 is 1.96 bits per heavy atom. The summed E-state index contributed by atoms with van der Waals surface area (Å²) in [5.74, 6) is 0.497. The van der Waals surface area contributed by atoms with E-state index in [4.69, 9.17) is 0 Å². The Balaban J connectivity index is 1.88. The average Bonchev–Trinajstić information content (AvgIpc) is 2.96. The van der Waals surface area contributed by atoms with Crippen molar-refractivity contribution >= 4 is 27.8 Å². The van der Waals surface area contributed by atoms with Crippen LogP contribution in [0.3, 0.4) is 0 Å². The van der Waals surface area contributed by atoms with Gasteiger partial charge in [-0.2, -0.15) is 5.10 Å². The Hall–Kier alpha value is -3.19. The van der Waals surface area contributed by atoms with E-state index in [1.54, 1.807) is 13.0 Å². The number of imidazole rings is 1. The van der Waals surface area contributed by atoms with Gasteiger partial charge in [0.1, 0.15) is 6.23 Å². The number of rotatable bonds is 3. The summed E-state index contributed by atoms with van der Waals surface area (Å²) in [5.41, 5.74) is 2.92. The number of anilines is 1. The second-order valence-corrected chi connectivity index (χ2v) is 5.58. The third-order valence-electron chi connectivity index (χ3n) is 3.80. The fourth-order valence-corrected chi connectivity index (χ4v) is 2.75. The van der Waals surface area contributed by atoms with Crippen LogP contribution in [0.25, 0.3) is 33.1 Å². The first-order valence-electron chi connectivity index (χ1n) is 7.54. The van der Waals surface area contributed by atoms with E-state index >= 15 is 0 Å². The highest BCUT2D eigenvalue weighted by Crippen LogP contribution is 2.27. The van der Waals surface area contributed by atoms with E-state index in [2.05, 4.69) is 25.5 Å². The van der Waals surface area contributed by atoms with Crippen molar-refractivity contribution in [2.75, 3.05) is 5.32 Å². The van der Waals surface area contributed by atoms with Gasteiger partial charge in [-0.25, -0.2) is 10.1 Å². The fraction of sp³-hybridized carbons (Fsp3) is 0.118. The molecule has 0 aliphatic carbocycles. The van der Waals surface area contributed by atoms with E-state index in [1.165, 1.54) is 0 Å². The number of nitrogens with one attached hydrogen (secondary N) is 3. The zero-order valence-electron chi connectivity index (χ0n) is 12.9. The molecule has 1 unspecified atom stereocenters. The van der Waals surface area contributed by atoms with Crippen molar-refractivity contribution in [3.05, 3.63) is 52.8 Å². The van der Waals surface area contributed by atoms with E-state index in [-0.39, 0.29) is 5.56 Å². The number of aromatic amines is 2. The molecule has 4 N–H and O–H groups in total. The average molecular weight is 321 g/mol. The largest absolute Gasteiger partial charge is 0.374 e. The minimum atomic E-state index is -0.699. The third-order valence-corrected chi connectivity index (χ3v) is 3.80. The lowest BCUT2D eigenvalue weighted by Gasteiger charge is -2.04. The van der Waals surface area contributed by atoms with Crippen molar-refractivity contribution in [3.63, 3.8) is 0 Å². The number of aliphatic hydroxyl groups is 1. The summed E-state index contributed by atoms with van der Waals surface area (Å²) in [6.45, 7) is 1.62. The van der Waals surface area contributed by atoms with Crippen LogP contribution >= 0.6 is 0 Å². The standard InChI is InChI=1S/C17H15N5O2/c1-9(23)18-17-19-13-7-6-10(8-14(13)20-17)15-11-4-2-3-5-12(11)16(24)22-21-15/h2-9,23H,1H3,(H,22,24)(H2,18,19,20). The molecule has 0 spiro atoms. The van der Waals surface area contributed by atoms with Crippen LogP contribution in [0.1, 0.15) is 6.92 Å². The molecule has 4 rings (SSSR count). The topological polar surface area (TPSA) is 107 Å². The predicted octanol–water partition coefficient (Wildman–Crippen LogP) is 2.22. The highest BCUT2D eigenvalue weighted by Gasteiger charge is 2.11. The number of nitrogens with zero attached hydrogens (tertiary/aromatic N) is 2. The van der Waals surface area contributed by atoms with Crippen LogP contribution in [0.2, 0.25) is 0 Å². The molecule has 4 aromatic rings. The van der Waals surface area contributed by atoms with Gasteiger partial charge in [-0.05, 0) is 25.1 Å². The van der Waals surface area contributed by atoms with Crippen molar-refractivity contribution in [3.8, 4) is 11.3 Å². The first-order valence-corrected chi connectivity index (χ1v) is 7.54. The van der Waals surface area contributed by atoms with Gasteiger partial charge in [0.2, 0.25) is 5.95 Å². The summed E-state index contributed by atoms with van der Waals surface area (Å²) in [6, 6.07) is 13.1. The number of H-pyrrole nitrogens is 2. The first-order chi connectivity index (χ1) is 11.6. The van der Waals surface area contributed by atoms with Gasteiger partial charge in [0, 0.05) is 10.9 Å². The van der Waals surface area contributed by atoms with Gasteiger partial charge >= 0.3 is 0 Å². The highest BCUT2D eigenvalue weighted by molar-refractivity contribution is 5.95. The van der Waals surface area contributed by atoms with Crippen molar-refractivity contribution in [1.29, 1.82) is 0 Å². The Bertz CT molecular complexity index is 1100. The molecule has 0 amide bonds. The van der Waals surface area contributed by atoms with Crippen molar-refractivity contribution in [2.45, 2.75) is 13.2 Å². The minimum absolute atomic E-state index is 0.210. The SMILES string of the molecule is CC(O)Nc1nc2cc(-c3n[nH]c(=O)c4ccccc34)ccc2[nH]1. The molecule has 0 aliphatic rings. The molecule has 0 bridgehead atoms. The second kappa shape index (κ2) is 5.47. The number of aromatic nitrogens is 4. The smallest absolute Gasteiger partial charge is 0.272 e. The maximum atomic E-state index is 11.9. The lowest BCUT2D eigenvalue weighted by molar-refractivity contribution is 0.223. The molecule has 0 aliphatic heterocycles. The summed E-state index contributed by atoms with van der Waals surface area (Å²) in [4.78, 5) is 19.4. The van der Waals surface area contributed by atoms with Crippen LogP contribution in [0, 0.1) is 0 Å². The van der Waals surface area contributed by atoms with Crippen LogP contribution in [-0.4, -0.2) is 31.5 Å². The predicted molar refractivity (Wildman–Crippen MR) is 92.8 cm³/mol. The summed E-state index contributed by atoms with van der Waals surface area (Å²) in [5, 5.41) is 20.3. The maximum absolute atomic E-state index is 11.9. The van der Waals surface area contributed by atoms with E-state index in [0.29, 0.717) is 17.0 Å². The molecule has 7 heteroatoms. The summed E-state index contributed by atoms with van der Waals surface area (Å²) < 4.78 is 0. The van der Waals surface area contributed by atoms with Gasteiger partial charge in [0.15, 0.2) is 0 Å². The molecule has 0 radical (unpaired) electrons. The molecule has 120 valence electrons. The molecular weight excluding hydrogens is 306 g/mol. The summed E-state index contributed by atoms with van der Waals surface area (Å²) in [6.07, 6.45) is -0.699. The van der Waals surface area contributed by atoms with E-state index in [0.717, 1.165) is 22.0 Å². The summed E-state index contributed by atoms with van der Waals surface area (Å²) in [7, 11) is 0. The van der Waals surface area contributed by atoms with Gasteiger partial charge in [-0.1, -0.05) is 24.3 Å². The lowest BCUT2D eigenvalue weighted by atomic mass is 10.0. The Morgan fingerprint density at radius 3 is 2.75 bits per heavy atom. The van der Waals surface area contributed by atoms with E-state index in [9.17, 15) is 9.90 Å². The lowest BCUT2D eigenvalue weighted by Crippen LogP contribution is -2.14. The van der Waals surface area contributed by atoms with Crippen molar-refractivity contribution in [2.24, 2.45) is 0 Å². The van der Waals surface area contributed by atoms with E-state index in [1.807, 2.05) is 36.4 Å². The molecule has 1 atom stereocenters. The van der Waals surface area contributed by atoms with Crippen molar-refractivity contribution in [1.82, 2.24) is 20.2 Å². The van der Waals surface area contributed by atoms with Crippen LogP contribution < -0.4 is 10.9 Å². The molecule has 2 aromatic heterocycles. The molecular formula is C17H15N5O2. The van der Waals surface area contributed by atoms with Crippen LogP contribution in [0.4, 0.5) is 5.95 Å². The van der Waals surface area contributed by atoms with Crippen LogP contribution in [0.15, 0.2) is 47.3 Å². The number of hydrogen-bond acceptors (Lipinski definition) is 5. The Kier molecular flexibility index (Phi) is 3.28. The van der Waals surface area contributed by atoms with Gasteiger partial charge in [-0.3, -0.25) is 4.79 Å². The Labute approximate surface area is 136 Å². The molecule has 0 saturated carbocycles. The zero-order valence-corrected chi connectivity index (χ0v) is 12.9. The zero-order chi connectivity index (χ0) is 16.7. The maximum Gasteiger partial charge on any atom is 0.272 e. The molecule has 7 nitrogen and oxygen atoms in total. The van der Waals surface area contributed by atoms with Gasteiger partial charge in [-0.15, -0.1) is 0 Å². The fourth-order valence-electron chi connectivity index (χ4n) is 2.75. The van der Waals surface area contributed by atoms with Gasteiger partial charge in [0.25, 0.3) is 5.56 Å². The minimum Gasteiger partial charge on any atom is -0.374 e. The van der Waals surface area contributed by atoms with Gasteiger partial charge in [0.05, 0.1) is 22.1 Å². The number of fused-ring (bicyclic) bond motifs is 2. The monoisotopic (exact) mass is 321 g/mol. The van der Waals surface area contributed by atoms with Crippen molar-refractivity contribution < 1.29 is 5.11 Å². The highest BCUT2D eigenvalue weighted by atomic mass is 16.3. The van der Waals surface area contributed by atoms with Crippen LogP contribution in [0.5, 0.6) is 0 Å². The van der Waals surface area contributed by atoms with Gasteiger partial charge < -0.3 is 15.4 Å². The number of benzene rings is 2. The molecule has 0 saturated heterocycles. The van der Waals surface area contributed by atoms with Crippen LogP contribution in [-0.2, 0) is 0 Å². The quantitative estimate of drug-likeness (QED) is 0.433. The third kappa shape index (κ3) is 2.40.